The number of urea groups is 1. The Morgan fingerprint density at radius 2 is 1.50 bits per heavy atom. The largest absolute Gasteiger partial charge is 0.378 e. The maximum absolute atomic E-state index is 13.5. The van der Waals surface area contributed by atoms with Crippen LogP contribution in [0.5, 0.6) is 0 Å². The number of aryl methyl sites for hydroxylation is 1. The number of fused-ring (bicyclic) bond motifs is 1. The second kappa shape index (κ2) is 11.1. The number of benzene rings is 3. The van der Waals surface area contributed by atoms with Crippen molar-refractivity contribution in [2.45, 2.75) is 30.7 Å². The Kier molecular flexibility index (Phi) is 7.64. The summed E-state index contributed by atoms with van der Waals surface area (Å²) >= 11 is 0. The average molecular weight is 537 g/mol. The number of amides is 3. The Morgan fingerprint density at radius 3 is 2.24 bits per heavy atom. The molecule has 0 unspecified atom stereocenters. The third-order valence-electron chi connectivity index (χ3n) is 7.18. The molecule has 5 rings (SSSR count). The van der Waals surface area contributed by atoms with E-state index in [-0.39, 0.29) is 22.9 Å². The van der Waals surface area contributed by atoms with E-state index in [4.69, 9.17) is 4.74 Å². The number of piperidine rings is 1. The number of hydrogen-bond acceptors (Lipinski definition) is 5. The molecule has 0 aliphatic carbocycles. The molecule has 0 bridgehead atoms. The van der Waals surface area contributed by atoms with Crippen molar-refractivity contribution in [3.8, 4) is 0 Å². The minimum atomic E-state index is -3.84. The number of rotatable bonds is 5. The van der Waals surface area contributed by atoms with Crippen LogP contribution in [0.25, 0.3) is 10.8 Å². The van der Waals surface area contributed by atoms with Crippen LogP contribution in [0.3, 0.4) is 0 Å². The molecular weight excluding hydrogens is 504 g/mol. The van der Waals surface area contributed by atoms with E-state index in [0.29, 0.717) is 74.3 Å². The first-order valence-electron chi connectivity index (χ1n) is 12.9. The molecule has 3 aromatic carbocycles. The molecule has 2 aliphatic heterocycles. The Hall–Kier alpha value is -3.47. The van der Waals surface area contributed by atoms with Gasteiger partial charge in [0, 0.05) is 54.2 Å². The summed E-state index contributed by atoms with van der Waals surface area (Å²) in [5.74, 6) is -0.250. The van der Waals surface area contributed by atoms with Gasteiger partial charge in [-0.3, -0.25) is 4.79 Å². The molecule has 38 heavy (non-hydrogen) atoms. The number of nitrogens with one attached hydrogen (secondary N) is 2. The topological polar surface area (TPSA) is 108 Å². The van der Waals surface area contributed by atoms with Crippen molar-refractivity contribution >= 4 is 38.4 Å². The first kappa shape index (κ1) is 26.1. The van der Waals surface area contributed by atoms with Crippen LogP contribution in [0, 0.1) is 6.92 Å². The molecule has 0 radical (unpaired) electrons. The van der Waals surface area contributed by atoms with Gasteiger partial charge in [0.05, 0.1) is 18.1 Å². The fourth-order valence-corrected chi connectivity index (χ4v) is 6.59. The van der Waals surface area contributed by atoms with Gasteiger partial charge in [-0.25, -0.2) is 17.9 Å². The van der Waals surface area contributed by atoms with Crippen molar-refractivity contribution in [2.24, 2.45) is 0 Å². The van der Waals surface area contributed by atoms with Crippen LogP contribution in [0.1, 0.15) is 28.8 Å². The molecule has 0 saturated carbocycles. The van der Waals surface area contributed by atoms with Gasteiger partial charge < -0.3 is 19.9 Å². The Morgan fingerprint density at radius 1 is 0.842 bits per heavy atom. The number of carbonyl (C=O) groups is 2. The Bertz CT molecular complexity index is 1440. The van der Waals surface area contributed by atoms with Gasteiger partial charge >= 0.3 is 6.03 Å². The molecule has 2 heterocycles. The first-order chi connectivity index (χ1) is 18.3. The molecule has 0 spiro atoms. The summed E-state index contributed by atoms with van der Waals surface area (Å²) in [5.41, 5.74) is 1.96. The maximum Gasteiger partial charge on any atom is 0.320 e. The van der Waals surface area contributed by atoms with Crippen LogP contribution in [0.4, 0.5) is 10.5 Å². The molecule has 2 fully saturated rings. The molecule has 2 N–H and O–H groups in total. The number of ether oxygens (including phenoxy) is 1. The maximum atomic E-state index is 13.5. The molecule has 200 valence electrons. The first-order valence-corrected chi connectivity index (χ1v) is 14.3. The van der Waals surface area contributed by atoms with Crippen LogP contribution in [0.2, 0.25) is 0 Å². The molecular formula is C28H32N4O5S. The van der Waals surface area contributed by atoms with Gasteiger partial charge in [-0.2, -0.15) is 0 Å². The zero-order chi connectivity index (χ0) is 26.7. The van der Waals surface area contributed by atoms with Crippen molar-refractivity contribution in [1.82, 2.24) is 14.5 Å². The van der Waals surface area contributed by atoms with Crippen LogP contribution < -0.4 is 10.0 Å². The third-order valence-corrected chi connectivity index (χ3v) is 8.76. The van der Waals surface area contributed by atoms with Crippen LogP contribution >= 0.6 is 0 Å². The number of hydrogen-bond donors (Lipinski definition) is 2. The van der Waals surface area contributed by atoms with Crippen molar-refractivity contribution in [3.63, 3.8) is 0 Å². The summed E-state index contributed by atoms with van der Waals surface area (Å²) in [7, 11) is -3.84. The molecule has 0 aromatic heterocycles. The average Bonchev–Trinajstić information content (AvgIpc) is 2.93. The normalized spacial score (nSPS) is 17.0. The monoisotopic (exact) mass is 536 g/mol. The minimum absolute atomic E-state index is 0.0102. The fourth-order valence-electron chi connectivity index (χ4n) is 5.07. The summed E-state index contributed by atoms with van der Waals surface area (Å²) in [6, 6.07) is 17.4. The number of anilines is 1. The lowest BCUT2D eigenvalue weighted by atomic mass is 10.1. The van der Waals surface area contributed by atoms with E-state index >= 15 is 0 Å². The van der Waals surface area contributed by atoms with Crippen LogP contribution in [-0.4, -0.2) is 75.6 Å². The van der Waals surface area contributed by atoms with Crippen LogP contribution in [-0.2, 0) is 14.8 Å². The molecule has 2 aliphatic rings. The minimum Gasteiger partial charge on any atom is -0.378 e. The van der Waals surface area contributed by atoms with Gasteiger partial charge in [-0.1, -0.05) is 42.5 Å². The molecule has 0 atom stereocenters. The van der Waals surface area contributed by atoms with Gasteiger partial charge in [0.2, 0.25) is 10.0 Å². The van der Waals surface area contributed by atoms with Gasteiger partial charge in [0.25, 0.3) is 5.91 Å². The summed E-state index contributed by atoms with van der Waals surface area (Å²) in [5, 5.41) is 4.11. The van der Waals surface area contributed by atoms with Crippen molar-refractivity contribution in [2.75, 3.05) is 44.7 Å². The fraction of sp³-hybridized carbons (Fsp3) is 0.357. The van der Waals surface area contributed by atoms with Crippen molar-refractivity contribution in [1.29, 1.82) is 0 Å². The molecule has 2 saturated heterocycles. The van der Waals surface area contributed by atoms with Crippen molar-refractivity contribution < 1.29 is 22.7 Å². The van der Waals surface area contributed by atoms with Gasteiger partial charge in [-0.05, 0) is 43.5 Å². The number of sulfonamides is 1. The summed E-state index contributed by atoms with van der Waals surface area (Å²) in [6.45, 7) is 5.12. The molecule has 9 nitrogen and oxygen atoms in total. The second-order valence-electron chi connectivity index (χ2n) is 9.69. The van der Waals surface area contributed by atoms with E-state index in [1.807, 2.05) is 25.1 Å². The highest BCUT2D eigenvalue weighted by Crippen LogP contribution is 2.30. The molecule has 3 amide bonds. The second-order valence-corrected chi connectivity index (χ2v) is 11.4. The van der Waals surface area contributed by atoms with E-state index in [9.17, 15) is 18.0 Å². The quantitative estimate of drug-likeness (QED) is 0.518. The van der Waals surface area contributed by atoms with E-state index < -0.39 is 10.0 Å². The van der Waals surface area contributed by atoms with Gasteiger partial charge in [0.1, 0.15) is 0 Å². The number of likely N-dealkylation sites (tertiary alicyclic amines) is 1. The Balaban J connectivity index is 1.30. The van der Waals surface area contributed by atoms with E-state index in [1.165, 1.54) is 0 Å². The predicted octanol–water partition coefficient (Wildman–Crippen LogP) is 3.60. The summed E-state index contributed by atoms with van der Waals surface area (Å²) in [4.78, 5) is 29.4. The number of carbonyl (C=O) groups excluding carboxylic acids is 2. The lowest BCUT2D eigenvalue weighted by molar-refractivity contribution is 0.0410. The van der Waals surface area contributed by atoms with E-state index in [1.54, 1.807) is 52.3 Å². The zero-order valence-corrected chi connectivity index (χ0v) is 22.2. The van der Waals surface area contributed by atoms with Gasteiger partial charge in [0.15, 0.2) is 0 Å². The number of nitrogens with zero attached hydrogens (tertiary/aromatic N) is 2. The third kappa shape index (κ3) is 5.52. The highest BCUT2D eigenvalue weighted by Gasteiger charge is 2.30. The summed E-state index contributed by atoms with van der Waals surface area (Å²) < 4.78 is 35.1. The van der Waals surface area contributed by atoms with Gasteiger partial charge in [-0.15, -0.1) is 0 Å². The smallest absolute Gasteiger partial charge is 0.320 e. The van der Waals surface area contributed by atoms with Crippen LogP contribution in [0.15, 0.2) is 65.6 Å². The Labute approximate surface area is 222 Å². The standard InChI is InChI=1S/C28H32N4O5S/c1-20-6-2-3-7-22(20)27(33)29-25-10-4-9-24-23(25)8-5-11-26(24)38(35,36)30-21-12-14-31(15-13-21)28(34)32-16-18-37-19-17-32/h2-11,21,30H,12-19H2,1H3,(H,29,33). The van der Waals surface area contributed by atoms with E-state index in [0.717, 1.165) is 5.56 Å². The summed E-state index contributed by atoms with van der Waals surface area (Å²) in [6.07, 6.45) is 1.08. The predicted molar refractivity (Wildman–Crippen MR) is 146 cm³/mol. The molecule has 10 heteroatoms. The molecule has 3 aromatic rings. The lowest BCUT2D eigenvalue weighted by Crippen LogP contribution is -2.52. The lowest BCUT2D eigenvalue weighted by Gasteiger charge is -2.37. The number of morpholine rings is 1. The highest BCUT2D eigenvalue weighted by atomic mass is 32.2. The SMILES string of the molecule is Cc1ccccc1C(=O)Nc1cccc2c(S(=O)(=O)NC3CCN(C(=O)N4CCOCC4)CC3)cccc12. The highest BCUT2D eigenvalue weighted by molar-refractivity contribution is 7.89. The zero-order valence-electron chi connectivity index (χ0n) is 21.4. The van der Waals surface area contributed by atoms with Crippen molar-refractivity contribution in [3.05, 3.63) is 71.8 Å². The van der Waals surface area contributed by atoms with E-state index in [2.05, 4.69) is 10.0 Å².